The molecule has 2 spiro atoms. The Kier molecular flexibility index (Phi) is 11.3. The summed E-state index contributed by atoms with van der Waals surface area (Å²) in [5.74, 6) is -0.706. The Balaban J connectivity index is 1.09. The van der Waals surface area contributed by atoms with Gasteiger partial charge in [-0.05, 0) is 79.4 Å². The minimum atomic E-state index is -0.897. The Labute approximate surface area is 410 Å². The van der Waals surface area contributed by atoms with Crippen LogP contribution in [0.25, 0.3) is 0 Å². The highest BCUT2D eigenvalue weighted by Gasteiger charge is 2.72. The second-order valence-electron chi connectivity index (χ2n) is 23.9. The van der Waals surface area contributed by atoms with Crippen LogP contribution in [0.3, 0.4) is 0 Å². The zero-order valence-electron chi connectivity index (χ0n) is 43.1. The molecule has 0 radical (unpaired) electrons. The van der Waals surface area contributed by atoms with Crippen molar-refractivity contribution in [3.8, 4) is 23.0 Å². The van der Waals surface area contributed by atoms with E-state index in [1.807, 2.05) is 0 Å². The number of carbonyl (C=O) groups excluding carboxylic acids is 4. The van der Waals surface area contributed by atoms with Gasteiger partial charge in [0.25, 0.3) is 0 Å². The van der Waals surface area contributed by atoms with E-state index in [4.69, 9.17) is 42.6 Å². The van der Waals surface area contributed by atoms with E-state index in [9.17, 15) is 29.4 Å². The molecule has 0 bridgehead atoms. The Morgan fingerprint density at radius 1 is 0.600 bits per heavy atom. The van der Waals surface area contributed by atoms with Gasteiger partial charge in [0.15, 0.2) is 6.29 Å². The van der Waals surface area contributed by atoms with Crippen LogP contribution in [0, 0.1) is 45.3 Å². The maximum Gasteiger partial charge on any atom is 0.303 e. The molecule has 2 aromatic rings. The molecule has 4 aliphatic heterocycles. The number of phenols is 2. The Hall–Kier alpha value is -4.60. The van der Waals surface area contributed by atoms with Crippen LogP contribution in [0.4, 0.5) is 0 Å². The zero-order chi connectivity index (χ0) is 50.6. The second kappa shape index (κ2) is 16.2. The second-order valence-corrected chi connectivity index (χ2v) is 23.9. The van der Waals surface area contributed by atoms with Gasteiger partial charge < -0.3 is 52.8 Å². The van der Waals surface area contributed by atoms with Crippen LogP contribution in [0.2, 0.25) is 0 Å². The smallest absolute Gasteiger partial charge is 0.303 e. The molecule has 0 amide bonds. The van der Waals surface area contributed by atoms with Crippen molar-refractivity contribution in [2.24, 2.45) is 45.3 Å². The molecule has 0 unspecified atom stereocenters. The molecule has 15 heteroatoms. The SMILES string of the molecule is CO[C@@H]1OCc2c1c1c(c(O)c2[C@@H]2OCc3cc(O)c4c(c32)O[C@]2(C4)[C@H](C)CC[C@H]3C(C)(C)[C@H](OC(C)=O)[C@H](OC(C)=O)C[C@@]32C)C[C@@]2(O1)[C@H](C)CC[C@H]1C(C)(C)[C@H](OC(C)=O)[C@H](OC(C)=O)C[C@@]12C. The number of ether oxygens (including phenoxy) is 9. The van der Waals surface area contributed by atoms with Crippen LogP contribution in [-0.4, -0.2) is 76.8 Å². The van der Waals surface area contributed by atoms with Crippen molar-refractivity contribution < 1.29 is 72.0 Å². The molecule has 14 atom stereocenters. The van der Waals surface area contributed by atoms with E-state index in [2.05, 4.69) is 55.4 Å². The zero-order valence-corrected chi connectivity index (χ0v) is 43.1. The number of carbonyl (C=O) groups is 4. The van der Waals surface area contributed by atoms with Crippen molar-refractivity contribution in [1.82, 2.24) is 0 Å². The number of rotatable bonds is 6. The van der Waals surface area contributed by atoms with Gasteiger partial charge in [-0.3, -0.25) is 19.2 Å². The summed E-state index contributed by atoms with van der Waals surface area (Å²) in [5, 5.41) is 25.1. The van der Waals surface area contributed by atoms with Crippen LogP contribution in [-0.2, 0) is 78.4 Å². The lowest BCUT2D eigenvalue weighted by atomic mass is 9.43. The quantitative estimate of drug-likeness (QED) is 0.206. The fourth-order valence-electron chi connectivity index (χ4n) is 16.9. The third-order valence-corrected chi connectivity index (χ3v) is 19.7. The molecular weight excluding hydrogens is 901 g/mol. The number of aromatic hydroxyl groups is 2. The lowest BCUT2D eigenvalue weighted by molar-refractivity contribution is -0.251. The number of esters is 4. The van der Waals surface area contributed by atoms with E-state index >= 15 is 0 Å². The molecule has 4 fully saturated rings. The number of fused-ring (bicyclic) bond motifs is 10. The van der Waals surface area contributed by atoms with Gasteiger partial charge in [0.1, 0.15) is 64.7 Å². The summed E-state index contributed by atoms with van der Waals surface area (Å²) in [6, 6.07) is 1.77. The summed E-state index contributed by atoms with van der Waals surface area (Å²) in [6.45, 7) is 22.9. The van der Waals surface area contributed by atoms with Gasteiger partial charge in [-0.1, -0.05) is 55.4 Å². The number of benzene rings is 2. The van der Waals surface area contributed by atoms with Gasteiger partial charge in [0.05, 0.1) is 18.8 Å². The molecule has 4 aliphatic carbocycles. The van der Waals surface area contributed by atoms with Crippen LogP contribution in [0.1, 0.15) is 173 Å². The molecule has 0 aromatic heterocycles. The molecule has 4 saturated carbocycles. The highest BCUT2D eigenvalue weighted by Crippen LogP contribution is 2.71. The van der Waals surface area contributed by atoms with E-state index in [0.717, 1.165) is 36.8 Å². The van der Waals surface area contributed by atoms with Crippen molar-refractivity contribution in [2.75, 3.05) is 7.11 Å². The van der Waals surface area contributed by atoms with Gasteiger partial charge in [0, 0.05) is 91.6 Å². The predicted molar refractivity (Wildman–Crippen MR) is 251 cm³/mol. The summed E-state index contributed by atoms with van der Waals surface area (Å²) in [7, 11) is 1.59. The Bertz CT molecular complexity index is 2570. The molecule has 382 valence electrons. The Morgan fingerprint density at radius 3 is 1.54 bits per heavy atom. The minimum Gasteiger partial charge on any atom is -0.508 e. The lowest BCUT2D eigenvalue weighted by Crippen LogP contribution is -2.70. The predicted octanol–water partition coefficient (Wildman–Crippen LogP) is 8.93. The van der Waals surface area contributed by atoms with E-state index in [1.54, 1.807) is 13.2 Å². The highest BCUT2D eigenvalue weighted by molar-refractivity contribution is 5.70. The summed E-state index contributed by atoms with van der Waals surface area (Å²) < 4.78 is 58.5. The fraction of sp³-hybridized carbons (Fsp3) is 0.709. The first-order valence-electron chi connectivity index (χ1n) is 25.4. The van der Waals surface area contributed by atoms with Crippen LogP contribution < -0.4 is 9.47 Å². The summed E-state index contributed by atoms with van der Waals surface area (Å²) in [5.41, 5.74) is 0.344. The topological polar surface area (TPSA) is 192 Å². The standard InChI is InChI=1S/C55H72O15/c1-25-14-16-38-50(7,8)47(67-29(5)58)36(65-27(3)56)21-52(38,11)54(25)19-32-35(60)18-31-23-63-46(40(31)44(32)69-54)41-34-24-64-49(62-13)42(34)45-33(43(41)61)20-55(70-45)26(2)15-17-39-51(9,10)48(68-30(6)59)37(66-28(4)57)22-53(39,55)12/h18,25-26,36-39,46-49,60-61H,14-17,19-24H2,1-13H3/t25-,26-,36-,37-,38+,39+,46-,47-,48-,49-,52+,53+,54-,55-/m1/s1. The van der Waals surface area contributed by atoms with E-state index in [-0.39, 0.29) is 48.4 Å². The molecule has 15 nitrogen and oxygen atoms in total. The van der Waals surface area contributed by atoms with Crippen LogP contribution >= 0.6 is 0 Å². The van der Waals surface area contributed by atoms with Crippen molar-refractivity contribution in [3.05, 3.63) is 45.0 Å². The molecular formula is C55H72O15. The summed E-state index contributed by atoms with van der Waals surface area (Å²) in [6.07, 6.45) is 0.245. The molecule has 0 saturated heterocycles. The van der Waals surface area contributed by atoms with Crippen LogP contribution in [0.5, 0.6) is 23.0 Å². The Morgan fingerprint density at radius 2 is 1.07 bits per heavy atom. The molecule has 4 heterocycles. The molecule has 8 aliphatic rings. The van der Waals surface area contributed by atoms with Gasteiger partial charge in [-0.2, -0.15) is 0 Å². The monoisotopic (exact) mass is 972 g/mol. The highest BCUT2D eigenvalue weighted by atomic mass is 16.7. The normalized spacial score (nSPS) is 39.0. The number of hydrogen-bond donors (Lipinski definition) is 2. The largest absolute Gasteiger partial charge is 0.508 e. The van der Waals surface area contributed by atoms with Crippen molar-refractivity contribution >= 4 is 23.9 Å². The van der Waals surface area contributed by atoms with Crippen molar-refractivity contribution in [2.45, 2.75) is 196 Å². The van der Waals surface area contributed by atoms with Gasteiger partial charge in [0.2, 0.25) is 0 Å². The first kappa shape index (κ1) is 49.0. The molecule has 2 N–H and O–H groups in total. The molecule has 70 heavy (non-hydrogen) atoms. The molecule has 2 aromatic carbocycles. The summed E-state index contributed by atoms with van der Waals surface area (Å²) >= 11 is 0. The lowest BCUT2D eigenvalue weighted by Gasteiger charge is -2.65. The van der Waals surface area contributed by atoms with Crippen LogP contribution in [0.15, 0.2) is 6.07 Å². The average molecular weight is 973 g/mol. The van der Waals surface area contributed by atoms with Crippen molar-refractivity contribution in [1.29, 1.82) is 0 Å². The maximum absolute atomic E-state index is 13.1. The average Bonchev–Trinajstić information content (AvgIpc) is 4.06. The minimum absolute atomic E-state index is 0.00458. The van der Waals surface area contributed by atoms with Gasteiger partial charge in [-0.15, -0.1) is 0 Å². The number of methoxy groups -OCH3 is 1. The molecule has 10 rings (SSSR count). The fourth-order valence-corrected chi connectivity index (χ4v) is 16.9. The summed E-state index contributed by atoms with van der Waals surface area (Å²) in [4.78, 5) is 50.6. The van der Waals surface area contributed by atoms with E-state index in [1.165, 1.54) is 27.7 Å². The van der Waals surface area contributed by atoms with E-state index < -0.39 is 93.5 Å². The first-order chi connectivity index (χ1) is 32.8. The number of phenolic OH excluding ortho intramolecular Hbond substituents is 2. The van der Waals surface area contributed by atoms with Crippen molar-refractivity contribution in [3.63, 3.8) is 0 Å². The van der Waals surface area contributed by atoms with E-state index in [0.29, 0.717) is 65.0 Å². The number of hydrogen-bond acceptors (Lipinski definition) is 15. The van der Waals surface area contributed by atoms with Gasteiger partial charge >= 0.3 is 23.9 Å². The third-order valence-electron chi connectivity index (χ3n) is 19.7. The van der Waals surface area contributed by atoms with Gasteiger partial charge in [-0.25, -0.2) is 0 Å². The maximum atomic E-state index is 13.1. The third kappa shape index (κ3) is 6.60. The first-order valence-corrected chi connectivity index (χ1v) is 25.4.